The summed E-state index contributed by atoms with van der Waals surface area (Å²) in [5.74, 6) is 0. The minimum absolute atomic E-state index is 0.836. The number of nitrogens with one attached hydrogen (secondary N) is 1. The highest BCUT2D eigenvalue weighted by molar-refractivity contribution is 7.45. The van der Waals surface area contributed by atoms with Crippen LogP contribution in [0.15, 0.2) is 0 Å². The van der Waals surface area contributed by atoms with Crippen molar-refractivity contribution in [1.82, 2.24) is 5.25 Å². The fourth-order valence-corrected chi connectivity index (χ4v) is 0.765. The van der Waals surface area contributed by atoms with Crippen LogP contribution in [0.2, 0.25) is 0 Å². The predicted molar refractivity (Wildman–Crippen MR) is 36.5 cm³/mol. The number of hydrogen-bond acceptors (Lipinski definition) is 3. The summed E-state index contributed by atoms with van der Waals surface area (Å²) in [7, 11) is -3.80. The van der Waals surface area contributed by atoms with Crippen molar-refractivity contribution < 1.29 is 24.1 Å². The standard InChI is InChI=1S/C2H6NOP.H3O4P/c1-2-5-3-4-1;1-5(2,3)4/h3,5H,1-2H2;(H3,1,2,3,4). The van der Waals surface area contributed by atoms with E-state index in [2.05, 4.69) is 5.25 Å². The molecular weight excluding hydrogens is 180 g/mol. The van der Waals surface area contributed by atoms with E-state index in [-0.39, 0.29) is 0 Å². The third kappa shape index (κ3) is 15.8. The molecule has 8 heteroatoms. The lowest BCUT2D eigenvalue weighted by atomic mass is 10.9. The van der Waals surface area contributed by atoms with Crippen LogP contribution in [0, 0.1) is 0 Å². The van der Waals surface area contributed by atoms with Gasteiger partial charge in [-0.3, -0.25) is 4.84 Å². The Kier molecular flexibility index (Phi) is 5.39. The highest BCUT2D eigenvalue weighted by atomic mass is 31.2. The van der Waals surface area contributed by atoms with Gasteiger partial charge in [-0.1, -0.05) is 0 Å². The van der Waals surface area contributed by atoms with Crippen molar-refractivity contribution in [3.05, 3.63) is 0 Å². The maximum Gasteiger partial charge on any atom is 0.466 e. The first-order valence-electron chi connectivity index (χ1n) is 2.38. The average molecular weight is 189 g/mol. The zero-order valence-corrected chi connectivity index (χ0v) is 6.91. The smallest absolute Gasteiger partial charge is 0.303 e. The summed E-state index contributed by atoms with van der Waals surface area (Å²) in [5.41, 5.74) is 0. The van der Waals surface area contributed by atoms with Gasteiger partial charge in [0.2, 0.25) is 0 Å². The van der Waals surface area contributed by atoms with Crippen molar-refractivity contribution in [1.29, 1.82) is 0 Å². The molecule has 0 aromatic rings. The second-order valence-electron chi connectivity index (χ2n) is 1.39. The zero-order valence-electron chi connectivity index (χ0n) is 5.02. The molecule has 1 atom stereocenters. The lowest BCUT2D eigenvalue weighted by Gasteiger charge is -1.82. The van der Waals surface area contributed by atoms with Crippen molar-refractivity contribution in [2.24, 2.45) is 0 Å². The molecule has 1 heterocycles. The summed E-state index contributed by atoms with van der Waals surface area (Å²) in [6.45, 7) is 0.901. The fourth-order valence-electron chi connectivity index (χ4n) is 0.255. The zero-order chi connectivity index (χ0) is 8.04. The topological polar surface area (TPSA) is 99.0 Å². The minimum Gasteiger partial charge on any atom is -0.303 e. The van der Waals surface area contributed by atoms with Crippen molar-refractivity contribution in [3.63, 3.8) is 0 Å². The average Bonchev–Trinajstić information content (AvgIpc) is 2.07. The fraction of sp³-hybridized carbons (Fsp3) is 1.00. The molecule has 0 radical (unpaired) electrons. The van der Waals surface area contributed by atoms with Gasteiger partial charge in [0, 0.05) is 6.16 Å². The predicted octanol–water partition coefficient (Wildman–Crippen LogP) is -0.814. The van der Waals surface area contributed by atoms with E-state index in [1.165, 1.54) is 6.16 Å². The third-order valence-corrected chi connectivity index (χ3v) is 1.22. The monoisotopic (exact) mass is 189 g/mol. The van der Waals surface area contributed by atoms with E-state index in [0.717, 1.165) is 15.3 Å². The molecule has 0 aromatic carbocycles. The van der Waals surface area contributed by atoms with Crippen LogP contribution in [-0.4, -0.2) is 27.4 Å². The van der Waals surface area contributed by atoms with Gasteiger partial charge < -0.3 is 14.7 Å². The van der Waals surface area contributed by atoms with Crippen LogP contribution >= 0.6 is 16.6 Å². The Morgan fingerprint density at radius 2 is 2.00 bits per heavy atom. The summed E-state index contributed by atoms with van der Waals surface area (Å²) >= 11 is 0. The highest BCUT2D eigenvalue weighted by Crippen LogP contribution is 2.25. The Balaban J connectivity index is 0.000000162. The molecule has 0 saturated carbocycles. The van der Waals surface area contributed by atoms with E-state index < -0.39 is 7.82 Å². The second-order valence-corrected chi connectivity index (χ2v) is 3.47. The van der Waals surface area contributed by atoms with E-state index >= 15 is 0 Å². The van der Waals surface area contributed by atoms with E-state index in [9.17, 15) is 0 Å². The van der Waals surface area contributed by atoms with Crippen molar-refractivity contribution in [3.8, 4) is 0 Å². The van der Waals surface area contributed by atoms with Gasteiger partial charge in [0.05, 0.1) is 6.61 Å². The number of hydrogen-bond donors (Lipinski definition) is 4. The van der Waals surface area contributed by atoms with Crippen LogP contribution in [0.5, 0.6) is 0 Å². The van der Waals surface area contributed by atoms with Gasteiger partial charge in [0.25, 0.3) is 0 Å². The summed E-state index contributed by atoms with van der Waals surface area (Å²) in [6.07, 6.45) is 1.19. The van der Waals surface area contributed by atoms with Crippen molar-refractivity contribution in [2.75, 3.05) is 12.8 Å². The molecule has 4 N–H and O–H groups in total. The first-order chi connectivity index (χ1) is 4.50. The third-order valence-electron chi connectivity index (χ3n) is 0.473. The molecule has 0 amide bonds. The van der Waals surface area contributed by atoms with Crippen LogP contribution in [0.1, 0.15) is 0 Å². The van der Waals surface area contributed by atoms with Crippen LogP contribution in [0.4, 0.5) is 0 Å². The molecule has 0 spiro atoms. The molecule has 0 aliphatic carbocycles. The van der Waals surface area contributed by atoms with Gasteiger partial charge in [-0.05, 0) is 8.73 Å². The van der Waals surface area contributed by atoms with E-state index in [1.54, 1.807) is 0 Å². The highest BCUT2D eigenvalue weighted by Gasteiger charge is 2.00. The molecule has 1 rings (SSSR count). The Morgan fingerprint density at radius 3 is 2.10 bits per heavy atom. The minimum atomic E-state index is -4.64. The number of rotatable bonds is 0. The first-order valence-corrected chi connectivity index (χ1v) is 5.15. The van der Waals surface area contributed by atoms with Gasteiger partial charge in [-0.15, -0.1) is 0 Å². The Hall–Kier alpha value is 0.460. The molecule has 0 bridgehead atoms. The van der Waals surface area contributed by atoms with E-state index in [4.69, 9.17) is 24.1 Å². The molecule has 1 saturated heterocycles. The van der Waals surface area contributed by atoms with Crippen LogP contribution in [0.25, 0.3) is 0 Å². The molecule has 1 aliphatic heterocycles. The maximum atomic E-state index is 8.88. The lowest BCUT2D eigenvalue weighted by Crippen LogP contribution is -1.90. The van der Waals surface area contributed by atoms with E-state index in [0.29, 0.717) is 0 Å². The van der Waals surface area contributed by atoms with Crippen LogP contribution in [-0.2, 0) is 9.40 Å². The normalized spacial score (nSPS) is 20.3. The molecular formula is C2H9NO5P2. The molecule has 6 nitrogen and oxygen atoms in total. The van der Waals surface area contributed by atoms with Crippen molar-refractivity contribution in [2.45, 2.75) is 0 Å². The van der Waals surface area contributed by atoms with Crippen molar-refractivity contribution >= 4 is 16.6 Å². The summed E-state index contributed by atoms with van der Waals surface area (Å²) < 4.78 is 8.88. The summed E-state index contributed by atoms with van der Waals surface area (Å²) in [5, 5.41) is 2.75. The molecule has 1 fully saturated rings. The molecule has 1 unspecified atom stereocenters. The van der Waals surface area contributed by atoms with Crippen LogP contribution in [0.3, 0.4) is 0 Å². The Labute approximate surface area is 59.6 Å². The van der Waals surface area contributed by atoms with Gasteiger partial charge in [0.1, 0.15) is 0 Å². The van der Waals surface area contributed by atoms with Gasteiger partial charge in [0.15, 0.2) is 0 Å². The Bertz CT molecular complexity index is 103. The summed E-state index contributed by atoms with van der Waals surface area (Å²) in [6, 6.07) is 0. The van der Waals surface area contributed by atoms with Gasteiger partial charge in [-0.25, -0.2) is 4.57 Å². The summed E-state index contributed by atoms with van der Waals surface area (Å²) in [4.78, 5) is 26.3. The first kappa shape index (κ1) is 10.5. The number of phosphoric acid groups is 1. The molecule has 10 heavy (non-hydrogen) atoms. The van der Waals surface area contributed by atoms with Gasteiger partial charge >= 0.3 is 7.82 Å². The molecule has 62 valence electrons. The largest absolute Gasteiger partial charge is 0.466 e. The molecule has 0 aromatic heterocycles. The maximum absolute atomic E-state index is 8.88. The van der Waals surface area contributed by atoms with Gasteiger partial charge in [-0.2, -0.15) is 5.25 Å². The van der Waals surface area contributed by atoms with E-state index in [1.807, 2.05) is 0 Å². The lowest BCUT2D eigenvalue weighted by molar-refractivity contribution is 0.132. The second kappa shape index (κ2) is 5.16. The Morgan fingerprint density at radius 1 is 1.50 bits per heavy atom. The SMILES string of the molecule is C1CPNO1.O=P(O)(O)O. The quantitative estimate of drug-likeness (QED) is 0.372. The molecule has 1 aliphatic rings. The van der Waals surface area contributed by atoms with Crippen LogP contribution < -0.4 is 5.25 Å².